The third-order valence-corrected chi connectivity index (χ3v) is 2.97. The van der Waals surface area contributed by atoms with Crippen molar-refractivity contribution in [2.24, 2.45) is 0 Å². The lowest BCUT2D eigenvalue weighted by molar-refractivity contribution is -0.0982. The number of rotatable bonds is 3. The summed E-state index contributed by atoms with van der Waals surface area (Å²) in [6.45, 7) is -0.665. The highest BCUT2D eigenvalue weighted by Gasteiger charge is 2.46. The SMILES string of the molecule is O=c1ccn(C2OC(C(O)CO)C(O)C2O)c(=O)[nH]1. The van der Waals surface area contributed by atoms with Gasteiger partial charge >= 0.3 is 5.69 Å². The van der Waals surface area contributed by atoms with Gasteiger partial charge in [0.15, 0.2) is 6.23 Å². The van der Waals surface area contributed by atoms with Crippen LogP contribution in [0.4, 0.5) is 0 Å². The van der Waals surface area contributed by atoms with Crippen LogP contribution in [-0.4, -0.2) is 61.0 Å². The molecule has 106 valence electrons. The van der Waals surface area contributed by atoms with Gasteiger partial charge in [0.25, 0.3) is 5.56 Å². The Morgan fingerprint density at radius 1 is 1.37 bits per heavy atom. The minimum atomic E-state index is -1.48. The van der Waals surface area contributed by atoms with Gasteiger partial charge in [0, 0.05) is 12.3 Å². The molecule has 5 N–H and O–H groups in total. The van der Waals surface area contributed by atoms with Crippen molar-refractivity contribution in [1.82, 2.24) is 9.55 Å². The van der Waals surface area contributed by atoms with E-state index in [9.17, 15) is 24.9 Å². The Kier molecular flexibility index (Phi) is 3.83. The summed E-state index contributed by atoms with van der Waals surface area (Å²) < 4.78 is 6.06. The first kappa shape index (κ1) is 13.9. The third kappa shape index (κ3) is 2.46. The van der Waals surface area contributed by atoms with E-state index in [2.05, 4.69) is 0 Å². The van der Waals surface area contributed by atoms with Gasteiger partial charge < -0.3 is 25.2 Å². The second-order valence-electron chi connectivity index (χ2n) is 4.24. The molecule has 0 saturated carbocycles. The van der Waals surface area contributed by atoms with E-state index in [0.29, 0.717) is 0 Å². The average Bonchev–Trinajstić information content (AvgIpc) is 2.66. The highest BCUT2D eigenvalue weighted by molar-refractivity contribution is 4.95. The molecule has 2 rings (SSSR count). The minimum absolute atomic E-state index is 0.610. The van der Waals surface area contributed by atoms with Crippen LogP contribution >= 0.6 is 0 Å². The van der Waals surface area contributed by atoms with Crippen molar-refractivity contribution in [2.75, 3.05) is 6.61 Å². The molecule has 0 radical (unpaired) electrons. The Bertz CT molecular complexity index is 553. The van der Waals surface area contributed by atoms with E-state index in [1.165, 1.54) is 0 Å². The number of hydrogen-bond acceptors (Lipinski definition) is 7. The summed E-state index contributed by atoms with van der Waals surface area (Å²) in [7, 11) is 0. The maximum absolute atomic E-state index is 11.5. The fourth-order valence-electron chi connectivity index (χ4n) is 1.97. The molecular weight excluding hydrogens is 260 g/mol. The molecule has 9 heteroatoms. The highest BCUT2D eigenvalue weighted by Crippen LogP contribution is 2.29. The van der Waals surface area contributed by atoms with Crippen molar-refractivity contribution in [1.29, 1.82) is 0 Å². The van der Waals surface area contributed by atoms with Crippen molar-refractivity contribution < 1.29 is 25.2 Å². The first-order valence-electron chi connectivity index (χ1n) is 5.57. The van der Waals surface area contributed by atoms with Gasteiger partial charge in [-0.2, -0.15) is 0 Å². The van der Waals surface area contributed by atoms with E-state index in [1.54, 1.807) is 0 Å². The van der Waals surface area contributed by atoms with Gasteiger partial charge in [-0.1, -0.05) is 0 Å². The number of nitrogens with one attached hydrogen (secondary N) is 1. The number of hydrogen-bond donors (Lipinski definition) is 5. The number of nitrogens with zero attached hydrogens (tertiary/aromatic N) is 1. The summed E-state index contributed by atoms with van der Waals surface area (Å²) >= 11 is 0. The van der Waals surface area contributed by atoms with Crippen LogP contribution in [0.5, 0.6) is 0 Å². The van der Waals surface area contributed by atoms with Crippen LogP contribution in [0.3, 0.4) is 0 Å². The third-order valence-electron chi connectivity index (χ3n) is 2.97. The van der Waals surface area contributed by atoms with Gasteiger partial charge in [-0.3, -0.25) is 14.3 Å². The molecule has 1 aromatic heterocycles. The largest absolute Gasteiger partial charge is 0.394 e. The fraction of sp³-hybridized carbons (Fsp3) is 0.600. The second kappa shape index (κ2) is 5.23. The number of aromatic amines is 1. The molecule has 5 unspecified atom stereocenters. The maximum Gasteiger partial charge on any atom is 0.330 e. The fourth-order valence-corrected chi connectivity index (χ4v) is 1.97. The van der Waals surface area contributed by atoms with Gasteiger partial charge in [0.05, 0.1) is 6.61 Å². The zero-order chi connectivity index (χ0) is 14.2. The smallest absolute Gasteiger partial charge is 0.330 e. The van der Waals surface area contributed by atoms with Crippen molar-refractivity contribution in [3.63, 3.8) is 0 Å². The zero-order valence-corrected chi connectivity index (χ0v) is 9.71. The van der Waals surface area contributed by atoms with Gasteiger partial charge in [-0.05, 0) is 0 Å². The second-order valence-corrected chi connectivity index (χ2v) is 4.24. The van der Waals surface area contributed by atoms with Gasteiger partial charge in [0.1, 0.15) is 24.4 Å². The summed E-state index contributed by atoms with van der Waals surface area (Å²) in [4.78, 5) is 24.5. The summed E-state index contributed by atoms with van der Waals surface area (Å²) in [5.41, 5.74) is -1.43. The first-order chi connectivity index (χ1) is 8.95. The molecule has 1 aromatic rings. The van der Waals surface area contributed by atoms with Crippen LogP contribution in [-0.2, 0) is 4.74 Å². The van der Waals surface area contributed by atoms with Gasteiger partial charge in [-0.15, -0.1) is 0 Å². The monoisotopic (exact) mass is 274 g/mol. The lowest BCUT2D eigenvalue weighted by Gasteiger charge is -2.18. The minimum Gasteiger partial charge on any atom is -0.394 e. The Morgan fingerprint density at radius 3 is 2.63 bits per heavy atom. The molecule has 1 aliphatic rings. The van der Waals surface area contributed by atoms with Crippen molar-refractivity contribution in [3.05, 3.63) is 33.1 Å². The highest BCUT2D eigenvalue weighted by atomic mass is 16.6. The molecule has 0 amide bonds. The maximum atomic E-state index is 11.5. The number of H-pyrrole nitrogens is 1. The van der Waals surface area contributed by atoms with Crippen LogP contribution in [0.15, 0.2) is 21.9 Å². The number of aromatic nitrogens is 2. The molecule has 0 aliphatic carbocycles. The Morgan fingerprint density at radius 2 is 2.05 bits per heavy atom. The summed E-state index contributed by atoms with van der Waals surface area (Å²) in [6.07, 6.45) is -5.72. The molecule has 2 heterocycles. The van der Waals surface area contributed by atoms with E-state index in [1.807, 2.05) is 4.98 Å². The van der Waals surface area contributed by atoms with Crippen molar-refractivity contribution in [3.8, 4) is 0 Å². The molecule has 1 fully saturated rings. The lowest BCUT2D eigenvalue weighted by Crippen LogP contribution is -2.40. The first-order valence-corrected chi connectivity index (χ1v) is 5.57. The van der Waals surface area contributed by atoms with E-state index in [0.717, 1.165) is 16.8 Å². The molecule has 0 spiro atoms. The van der Waals surface area contributed by atoms with Crippen LogP contribution < -0.4 is 11.2 Å². The molecule has 1 saturated heterocycles. The Balaban J connectivity index is 2.31. The Hall–Kier alpha value is -1.52. The summed E-state index contributed by atoms with van der Waals surface area (Å²) in [6, 6.07) is 1.06. The molecule has 9 nitrogen and oxygen atoms in total. The van der Waals surface area contributed by atoms with E-state index in [4.69, 9.17) is 9.84 Å². The predicted octanol–water partition coefficient (Wildman–Crippen LogP) is -3.49. The standard InChI is InChI=1S/C10H14N2O7/c13-3-4(14)8-6(16)7(17)9(19-8)12-2-1-5(15)11-10(12)18/h1-2,4,6-9,13-14,16-17H,3H2,(H,11,15,18). The molecule has 0 bridgehead atoms. The molecule has 5 atom stereocenters. The topological polar surface area (TPSA) is 145 Å². The Labute approximate surface area is 106 Å². The van der Waals surface area contributed by atoms with Crippen LogP contribution in [0.25, 0.3) is 0 Å². The van der Waals surface area contributed by atoms with E-state index in [-0.39, 0.29) is 0 Å². The molecule has 0 aromatic carbocycles. The molecule has 1 aliphatic heterocycles. The van der Waals surface area contributed by atoms with Crippen LogP contribution in [0.2, 0.25) is 0 Å². The number of aliphatic hydroxyl groups is 4. The predicted molar refractivity (Wildman–Crippen MR) is 60.3 cm³/mol. The quantitative estimate of drug-likeness (QED) is 0.384. The van der Waals surface area contributed by atoms with Crippen molar-refractivity contribution in [2.45, 2.75) is 30.6 Å². The van der Waals surface area contributed by atoms with E-state index >= 15 is 0 Å². The van der Waals surface area contributed by atoms with Crippen molar-refractivity contribution >= 4 is 0 Å². The van der Waals surface area contributed by atoms with Crippen LogP contribution in [0, 0.1) is 0 Å². The van der Waals surface area contributed by atoms with Gasteiger partial charge in [0.2, 0.25) is 0 Å². The summed E-state index contributed by atoms with van der Waals surface area (Å²) in [5, 5.41) is 37.7. The zero-order valence-electron chi connectivity index (χ0n) is 9.71. The normalized spacial score (nSPS) is 32.4. The van der Waals surface area contributed by atoms with Crippen LogP contribution in [0.1, 0.15) is 6.23 Å². The molecular formula is C10H14N2O7. The number of ether oxygens (including phenoxy) is 1. The molecule has 19 heavy (non-hydrogen) atoms. The van der Waals surface area contributed by atoms with E-state index < -0.39 is 48.5 Å². The van der Waals surface area contributed by atoms with Gasteiger partial charge in [-0.25, -0.2) is 4.79 Å². The lowest BCUT2D eigenvalue weighted by atomic mass is 10.1. The summed E-state index contributed by atoms with van der Waals surface area (Å²) in [5.74, 6) is 0. The average molecular weight is 274 g/mol. The number of aliphatic hydroxyl groups excluding tert-OH is 4.